The molecular formula is C12H13F2N3O2S2. The largest absolute Gasteiger partial charge is 0.326 e. The SMILES string of the molecule is Cc1nc(CNS(=O)(=O)c2ccc(F)c(CN)c2F)cs1. The van der Waals surface area contributed by atoms with Crippen LogP contribution in [0.2, 0.25) is 0 Å². The Labute approximate surface area is 124 Å². The Balaban J connectivity index is 2.27. The lowest BCUT2D eigenvalue weighted by Gasteiger charge is -2.09. The third-order valence-electron chi connectivity index (χ3n) is 2.75. The Morgan fingerprint density at radius 3 is 2.67 bits per heavy atom. The lowest BCUT2D eigenvalue weighted by Crippen LogP contribution is -2.25. The molecule has 1 aromatic carbocycles. The summed E-state index contributed by atoms with van der Waals surface area (Å²) in [4.78, 5) is 3.47. The summed E-state index contributed by atoms with van der Waals surface area (Å²) >= 11 is 1.38. The lowest BCUT2D eigenvalue weighted by atomic mass is 10.2. The normalized spacial score (nSPS) is 11.8. The third-order valence-corrected chi connectivity index (χ3v) is 5.00. The van der Waals surface area contributed by atoms with Crippen LogP contribution < -0.4 is 10.5 Å². The van der Waals surface area contributed by atoms with Gasteiger partial charge in [0.25, 0.3) is 0 Å². The number of benzene rings is 1. The van der Waals surface area contributed by atoms with Gasteiger partial charge in [-0.2, -0.15) is 0 Å². The van der Waals surface area contributed by atoms with Crippen molar-refractivity contribution < 1.29 is 17.2 Å². The zero-order valence-corrected chi connectivity index (χ0v) is 12.7. The number of nitrogens with zero attached hydrogens (tertiary/aromatic N) is 1. The monoisotopic (exact) mass is 333 g/mol. The molecule has 0 saturated carbocycles. The average molecular weight is 333 g/mol. The molecule has 0 bridgehead atoms. The molecular weight excluding hydrogens is 320 g/mol. The van der Waals surface area contributed by atoms with Gasteiger partial charge in [0.15, 0.2) is 5.82 Å². The number of rotatable bonds is 5. The zero-order valence-electron chi connectivity index (χ0n) is 11.1. The number of sulfonamides is 1. The van der Waals surface area contributed by atoms with Crippen molar-refractivity contribution in [2.45, 2.75) is 24.9 Å². The van der Waals surface area contributed by atoms with Crippen molar-refractivity contribution in [3.05, 3.63) is 45.4 Å². The first-order valence-electron chi connectivity index (χ1n) is 5.92. The second-order valence-electron chi connectivity index (χ2n) is 4.22. The number of aromatic nitrogens is 1. The highest BCUT2D eigenvalue weighted by Gasteiger charge is 2.23. The molecule has 1 heterocycles. The van der Waals surface area contributed by atoms with Gasteiger partial charge in [-0.05, 0) is 19.1 Å². The molecule has 9 heteroatoms. The van der Waals surface area contributed by atoms with Crippen LogP contribution in [0.5, 0.6) is 0 Å². The number of nitrogens with two attached hydrogens (primary N) is 1. The van der Waals surface area contributed by atoms with Crippen molar-refractivity contribution in [2.24, 2.45) is 5.73 Å². The van der Waals surface area contributed by atoms with Crippen molar-refractivity contribution in [3.8, 4) is 0 Å². The van der Waals surface area contributed by atoms with Crippen molar-refractivity contribution in [1.82, 2.24) is 9.71 Å². The molecule has 2 rings (SSSR count). The van der Waals surface area contributed by atoms with Gasteiger partial charge in [0.2, 0.25) is 10.0 Å². The molecule has 0 unspecified atom stereocenters. The maximum Gasteiger partial charge on any atom is 0.243 e. The molecule has 21 heavy (non-hydrogen) atoms. The first-order chi connectivity index (χ1) is 9.85. The molecule has 0 atom stereocenters. The summed E-state index contributed by atoms with van der Waals surface area (Å²) in [6.45, 7) is 1.30. The Bertz CT molecular complexity index is 760. The highest BCUT2D eigenvalue weighted by molar-refractivity contribution is 7.89. The summed E-state index contributed by atoms with van der Waals surface area (Å²) in [7, 11) is -4.11. The first-order valence-corrected chi connectivity index (χ1v) is 8.29. The van der Waals surface area contributed by atoms with E-state index in [4.69, 9.17) is 5.73 Å². The van der Waals surface area contributed by atoms with Gasteiger partial charge in [-0.25, -0.2) is 26.9 Å². The number of hydrogen-bond donors (Lipinski definition) is 2. The Hall–Kier alpha value is -1.42. The first kappa shape index (κ1) is 16.0. The smallest absolute Gasteiger partial charge is 0.243 e. The minimum atomic E-state index is -4.11. The number of nitrogens with one attached hydrogen (secondary N) is 1. The quantitative estimate of drug-likeness (QED) is 0.871. The molecule has 0 amide bonds. The number of hydrogen-bond acceptors (Lipinski definition) is 5. The molecule has 0 saturated heterocycles. The highest BCUT2D eigenvalue weighted by Crippen LogP contribution is 2.21. The minimum Gasteiger partial charge on any atom is -0.326 e. The van der Waals surface area contributed by atoms with Crippen LogP contribution in [0.3, 0.4) is 0 Å². The van der Waals surface area contributed by atoms with Crippen LogP contribution in [0.25, 0.3) is 0 Å². The van der Waals surface area contributed by atoms with E-state index in [2.05, 4.69) is 9.71 Å². The molecule has 3 N–H and O–H groups in total. The maximum atomic E-state index is 14.0. The molecule has 2 aromatic rings. The Kier molecular flexibility index (Phi) is 4.67. The third kappa shape index (κ3) is 3.43. The van der Waals surface area contributed by atoms with E-state index >= 15 is 0 Å². The fourth-order valence-electron chi connectivity index (χ4n) is 1.71. The summed E-state index contributed by atoms with van der Waals surface area (Å²) < 4.78 is 53.7. The van der Waals surface area contributed by atoms with Gasteiger partial charge < -0.3 is 5.73 Å². The van der Waals surface area contributed by atoms with Gasteiger partial charge >= 0.3 is 0 Å². The van der Waals surface area contributed by atoms with Gasteiger partial charge in [-0.1, -0.05) is 0 Å². The van der Waals surface area contributed by atoms with Crippen LogP contribution in [0.1, 0.15) is 16.3 Å². The molecule has 5 nitrogen and oxygen atoms in total. The lowest BCUT2D eigenvalue weighted by molar-refractivity contribution is 0.525. The summed E-state index contributed by atoms with van der Waals surface area (Å²) in [5, 5.41) is 2.49. The van der Waals surface area contributed by atoms with E-state index in [1.54, 1.807) is 12.3 Å². The maximum absolute atomic E-state index is 14.0. The molecule has 0 radical (unpaired) electrons. The zero-order chi connectivity index (χ0) is 15.6. The summed E-state index contributed by atoms with van der Waals surface area (Å²) in [6.07, 6.45) is 0. The van der Waals surface area contributed by atoms with E-state index in [9.17, 15) is 17.2 Å². The van der Waals surface area contributed by atoms with E-state index in [0.29, 0.717) is 5.69 Å². The van der Waals surface area contributed by atoms with Crippen molar-refractivity contribution in [3.63, 3.8) is 0 Å². The van der Waals surface area contributed by atoms with Crippen molar-refractivity contribution in [2.75, 3.05) is 0 Å². The second kappa shape index (κ2) is 6.14. The second-order valence-corrected chi connectivity index (χ2v) is 7.02. The van der Waals surface area contributed by atoms with E-state index in [-0.39, 0.29) is 6.54 Å². The molecule has 114 valence electrons. The summed E-state index contributed by atoms with van der Waals surface area (Å²) in [5.41, 5.74) is 5.30. The van der Waals surface area contributed by atoms with Crippen LogP contribution >= 0.6 is 11.3 Å². The topological polar surface area (TPSA) is 85.1 Å². The van der Waals surface area contributed by atoms with Crippen LogP contribution in [-0.4, -0.2) is 13.4 Å². The van der Waals surface area contributed by atoms with E-state index < -0.39 is 38.7 Å². The number of halogens is 2. The predicted octanol–water partition coefficient (Wildman–Crippen LogP) is 1.67. The Morgan fingerprint density at radius 1 is 1.38 bits per heavy atom. The molecule has 0 spiro atoms. The van der Waals surface area contributed by atoms with Crippen LogP contribution in [0.15, 0.2) is 22.4 Å². The van der Waals surface area contributed by atoms with E-state index in [0.717, 1.165) is 17.1 Å². The molecule has 0 fully saturated rings. The van der Waals surface area contributed by atoms with E-state index in [1.807, 2.05) is 0 Å². The number of thiazole rings is 1. The van der Waals surface area contributed by atoms with Crippen LogP contribution in [-0.2, 0) is 23.1 Å². The molecule has 0 aliphatic rings. The minimum absolute atomic E-state index is 0.0680. The fourth-order valence-corrected chi connectivity index (χ4v) is 3.42. The van der Waals surface area contributed by atoms with Gasteiger partial charge in [0.1, 0.15) is 10.7 Å². The van der Waals surface area contributed by atoms with Crippen molar-refractivity contribution >= 4 is 21.4 Å². The average Bonchev–Trinajstić information content (AvgIpc) is 2.83. The van der Waals surface area contributed by atoms with Gasteiger partial charge in [0.05, 0.1) is 17.2 Å². The fraction of sp³-hybridized carbons (Fsp3) is 0.250. The standard InChI is InChI=1S/C12H13F2N3O2S2/c1-7-17-8(6-20-7)5-16-21(18,19)11-3-2-10(13)9(4-15)12(11)14/h2-3,6,16H,4-5,15H2,1H3. The molecule has 1 aromatic heterocycles. The van der Waals surface area contributed by atoms with Gasteiger partial charge in [-0.15, -0.1) is 11.3 Å². The number of aryl methyl sites for hydroxylation is 1. The molecule has 0 aliphatic carbocycles. The molecule has 0 aliphatic heterocycles. The van der Waals surface area contributed by atoms with E-state index in [1.165, 1.54) is 11.3 Å². The van der Waals surface area contributed by atoms with Gasteiger partial charge in [0, 0.05) is 17.5 Å². The van der Waals surface area contributed by atoms with Gasteiger partial charge in [-0.3, -0.25) is 0 Å². The van der Waals surface area contributed by atoms with Crippen molar-refractivity contribution in [1.29, 1.82) is 0 Å². The predicted molar refractivity (Wildman–Crippen MR) is 75.1 cm³/mol. The highest BCUT2D eigenvalue weighted by atomic mass is 32.2. The summed E-state index contributed by atoms with van der Waals surface area (Å²) in [5.74, 6) is -2.04. The Morgan fingerprint density at radius 2 is 2.10 bits per heavy atom. The van der Waals surface area contributed by atoms with Crippen LogP contribution in [0.4, 0.5) is 8.78 Å². The van der Waals surface area contributed by atoms with Crippen LogP contribution in [0, 0.1) is 18.6 Å². The summed E-state index contributed by atoms with van der Waals surface area (Å²) in [6, 6.07) is 1.76.